The number of carbonyl (C=O) groups is 1. The highest BCUT2D eigenvalue weighted by Crippen LogP contribution is 2.53. The first-order valence-electron chi connectivity index (χ1n) is 8.24. The van der Waals surface area contributed by atoms with E-state index in [0.717, 1.165) is 32.1 Å². The average Bonchev–Trinajstić information content (AvgIpc) is 2.66. The Hall–Kier alpha value is -1.56. The van der Waals surface area contributed by atoms with Gasteiger partial charge in [0, 0.05) is 18.8 Å². The largest absolute Gasteiger partial charge is 0.478 e. The van der Waals surface area contributed by atoms with Crippen molar-refractivity contribution in [3.63, 3.8) is 0 Å². The van der Waals surface area contributed by atoms with Gasteiger partial charge in [0.05, 0.1) is 16.1 Å². The van der Waals surface area contributed by atoms with Gasteiger partial charge >= 0.3 is 5.97 Å². The number of benzene rings is 1. The molecule has 1 aromatic carbocycles. The molecule has 1 saturated carbocycles. The Morgan fingerprint density at radius 1 is 1.25 bits per heavy atom. The molecule has 2 fully saturated rings. The number of hydrogen-bond acceptors (Lipinski definition) is 4. The summed E-state index contributed by atoms with van der Waals surface area (Å²) in [7, 11) is -3.43. The molecule has 1 aliphatic carbocycles. The summed E-state index contributed by atoms with van der Waals surface area (Å²) >= 11 is 0. The lowest BCUT2D eigenvalue weighted by Gasteiger charge is -2.39. The van der Waals surface area contributed by atoms with Crippen LogP contribution in [0.4, 0.5) is 5.69 Å². The molecule has 0 radical (unpaired) electrons. The summed E-state index contributed by atoms with van der Waals surface area (Å²) in [5, 5.41) is 9.60. The molecule has 2 atom stereocenters. The average molecular weight is 351 g/mol. The molecule has 132 valence electrons. The highest BCUT2D eigenvalue weighted by atomic mass is 32.2. The van der Waals surface area contributed by atoms with Crippen molar-refractivity contribution in [2.45, 2.75) is 51.0 Å². The highest BCUT2D eigenvalue weighted by molar-refractivity contribution is 7.90. The molecule has 24 heavy (non-hydrogen) atoms. The van der Waals surface area contributed by atoms with Crippen LogP contribution in [0, 0.1) is 10.8 Å². The number of nitrogens with zero attached hydrogens (tertiary/aromatic N) is 1. The molecule has 1 N–H and O–H groups in total. The zero-order valence-corrected chi connectivity index (χ0v) is 15.5. The molecule has 0 spiro atoms. The third-order valence-corrected chi connectivity index (χ3v) is 6.46. The molecular weight excluding hydrogens is 326 g/mol. The van der Waals surface area contributed by atoms with Crippen LogP contribution in [0.15, 0.2) is 23.1 Å². The number of anilines is 1. The van der Waals surface area contributed by atoms with Crippen LogP contribution >= 0.6 is 0 Å². The van der Waals surface area contributed by atoms with E-state index in [1.54, 1.807) is 6.07 Å². The van der Waals surface area contributed by atoms with E-state index in [0.29, 0.717) is 11.7 Å². The Morgan fingerprint density at radius 2 is 1.92 bits per heavy atom. The zero-order valence-electron chi connectivity index (χ0n) is 14.7. The van der Waals surface area contributed by atoms with Crippen LogP contribution in [0.5, 0.6) is 0 Å². The van der Waals surface area contributed by atoms with Crippen molar-refractivity contribution in [2.24, 2.45) is 10.8 Å². The normalized spacial score (nSPS) is 28.8. The molecule has 2 bridgehead atoms. The Labute approximate surface area is 143 Å². The second-order valence-electron chi connectivity index (χ2n) is 8.60. The van der Waals surface area contributed by atoms with Crippen LogP contribution in [-0.4, -0.2) is 38.3 Å². The van der Waals surface area contributed by atoms with Gasteiger partial charge in [-0.25, -0.2) is 13.2 Å². The van der Waals surface area contributed by atoms with E-state index in [1.807, 2.05) is 0 Å². The fraction of sp³-hybridized carbons (Fsp3) is 0.611. The Kier molecular flexibility index (Phi) is 3.75. The molecule has 1 aliphatic heterocycles. The van der Waals surface area contributed by atoms with Crippen molar-refractivity contribution in [3.05, 3.63) is 23.8 Å². The lowest BCUT2D eigenvalue weighted by Crippen LogP contribution is -2.35. The molecule has 1 saturated heterocycles. The first-order chi connectivity index (χ1) is 10.9. The Bertz CT molecular complexity index is 799. The maximum Gasteiger partial charge on any atom is 0.337 e. The minimum absolute atomic E-state index is 0.0531. The van der Waals surface area contributed by atoms with Crippen LogP contribution < -0.4 is 4.90 Å². The molecule has 3 rings (SSSR count). The van der Waals surface area contributed by atoms with E-state index in [-0.39, 0.29) is 21.3 Å². The molecule has 6 heteroatoms. The molecule has 1 heterocycles. The predicted octanol–water partition coefficient (Wildman–Crippen LogP) is 3.19. The third kappa shape index (κ3) is 3.04. The molecule has 2 aliphatic rings. The predicted molar refractivity (Wildman–Crippen MR) is 93.4 cm³/mol. The first-order valence-corrected chi connectivity index (χ1v) is 10.1. The van der Waals surface area contributed by atoms with Gasteiger partial charge in [-0.15, -0.1) is 0 Å². The lowest BCUT2D eigenvalue weighted by molar-refractivity contribution is 0.0697. The van der Waals surface area contributed by atoms with Gasteiger partial charge in [0.15, 0.2) is 9.84 Å². The Morgan fingerprint density at radius 3 is 2.50 bits per heavy atom. The van der Waals surface area contributed by atoms with Gasteiger partial charge < -0.3 is 10.0 Å². The number of fused-ring (bicyclic) bond motifs is 2. The van der Waals surface area contributed by atoms with Gasteiger partial charge in [0.2, 0.25) is 0 Å². The molecule has 1 aromatic rings. The molecule has 0 amide bonds. The van der Waals surface area contributed by atoms with E-state index in [1.165, 1.54) is 12.1 Å². The molecule has 5 nitrogen and oxygen atoms in total. The van der Waals surface area contributed by atoms with Crippen molar-refractivity contribution >= 4 is 21.5 Å². The molecular formula is C18H25NO4S. The van der Waals surface area contributed by atoms with Crippen LogP contribution in [0.1, 0.15) is 50.4 Å². The maximum absolute atomic E-state index is 11.8. The third-order valence-electron chi connectivity index (χ3n) is 5.35. The van der Waals surface area contributed by atoms with Crippen LogP contribution in [0.25, 0.3) is 0 Å². The van der Waals surface area contributed by atoms with Crippen molar-refractivity contribution in [1.82, 2.24) is 0 Å². The van der Waals surface area contributed by atoms with E-state index in [4.69, 9.17) is 0 Å². The van der Waals surface area contributed by atoms with Gasteiger partial charge in [-0.1, -0.05) is 20.8 Å². The van der Waals surface area contributed by atoms with Crippen molar-refractivity contribution in [3.8, 4) is 0 Å². The number of rotatable bonds is 3. The topological polar surface area (TPSA) is 74.7 Å². The van der Waals surface area contributed by atoms with E-state index >= 15 is 0 Å². The highest BCUT2D eigenvalue weighted by Gasteiger charge is 2.50. The van der Waals surface area contributed by atoms with Crippen LogP contribution in [0.3, 0.4) is 0 Å². The smallest absolute Gasteiger partial charge is 0.337 e. The minimum atomic E-state index is -3.43. The fourth-order valence-electron chi connectivity index (χ4n) is 4.91. The number of hydrogen-bond donors (Lipinski definition) is 1. The van der Waals surface area contributed by atoms with Gasteiger partial charge in [0.1, 0.15) is 0 Å². The fourth-order valence-corrected chi connectivity index (χ4v) is 5.56. The summed E-state index contributed by atoms with van der Waals surface area (Å²) < 4.78 is 23.5. The SMILES string of the molecule is CC1(C)CC2CC(C)(CN2c2ccc(S(C)(=O)=O)cc2C(=O)O)C1. The number of carboxylic acid groups (broad SMARTS) is 1. The number of aromatic carboxylic acids is 1. The van der Waals surface area contributed by atoms with Crippen molar-refractivity contribution < 1.29 is 18.3 Å². The van der Waals surface area contributed by atoms with E-state index in [9.17, 15) is 18.3 Å². The Balaban J connectivity index is 2.06. The quantitative estimate of drug-likeness (QED) is 0.905. The summed E-state index contributed by atoms with van der Waals surface area (Å²) in [6.45, 7) is 7.63. The molecule has 0 aromatic heterocycles. The van der Waals surface area contributed by atoms with Crippen LogP contribution in [0.2, 0.25) is 0 Å². The minimum Gasteiger partial charge on any atom is -0.478 e. The lowest BCUT2D eigenvalue weighted by atomic mass is 9.65. The summed E-state index contributed by atoms with van der Waals surface area (Å²) in [6, 6.07) is 4.79. The number of carboxylic acids is 1. The van der Waals surface area contributed by atoms with Crippen molar-refractivity contribution in [1.29, 1.82) is 0 Å². The van der Waals surface area contributed by atoms with Gasteiger partial charge in [0.25, 0.3) is 0 Å². The summed E-state index contributed by atoms with van der Waals surface area (Å²) in [5.74, 6) is -1.08. The standard InChI is InChI=1S/C18H25NO4S/c1-17(2)8-12-9-18(3,10-17)11-19(12)15-6-5-13(24(4,22)23)7-14(15)16(20)21/h5-7,12H,8-11H2,1-4H3,(H,20,21). The monoisotopic (exact) mass is 351 g/mol. The van der Waals surface area contributed by atoms with Gasteiger partial charge in [-0.05, 0) is 48.3 Å². The second-order valence-corrected chi connectivity index (χ2v) is 10.6. The van der Waals surface area contributed by atoms with Crippen LogP contribution in [-0.2, 0) is 9.84 Å². The van der Waals surface area contributed by atoms with Gasteiger partial charge in [-0.2, -0.15) is 0 Å². The summed E-state index contributed by atoms with van der Waals surface area (Å²) in [4.78, 5) is 14.0. The zero-order chi connectivity index (χ0) is 17.9. The second kappa shape index (κ2) is 5.22. The summed E-state index contributed by atoms with van der Waals surface area (Å²) in [6.07, 6.45) is 4.30. The maximum atomic E-state index is 11.8. The van der Waals surface area contributed by atoms with Gasteiger partial charge in [-0.3, -0.25) is 0 Å². The summed E-state index contributed by atoms with van der Waals surface area (Å²) in [5.41, 5.74) is 1.13. The van der Waals surface area contributed by atoms with E-state index in [2.05, 4.69) is 25.7 Å². The molecule has 2 unspecified atom stereocenters. The van der Waals surface area contributed by atoms with Crippen molar-refractivity contribution in [2.75, 3.05) is 17.7 Å². The first kappa shape index (κ1) is 17.3. The van der Waals surface area contributed by atoms with E-state index < -0.39 is 15.8 Å². The number of sulfone groups is 1.